The summed E-state index contributed by atoms with van der Waals surface area (Å²) in [5.41, 5.74) is 0.188. The molecule has 0 unspecified atom stereocenters. The molecule has 0 radical (unpaired) electrons. The predicted octanol–water partition coefficient (Wildman–Crippen LogP) is 8.05. The minimum atomic E-state index is 0.188. The number of rotatable bonds is 19. The highest BCUT2D eigenvalue weighted by Gasteiger charge is 2.28. The molecule has 158 valence electrons. The van der Waals surface area contributed by atoms with E-state index in [4.69, 9.17) is 0 Å². The summed E-state index contributed by atoms with van der Waals surface area (Å²) in [5, 5.41) is 4.42. The fraction of sp³-hybridized carbons (Fsp3) is 0.917. The van der Waals surface area contributed by atoms with Crippen LogP contribution in [0, 0.1) is 0 Å². The Bertz CT molecular complexity index is 409. The third-order valence-electron chi connectivity index (χ3n) is 6.47. The van der Waals surface area contributed by atoms with E-state index in [1.165, 1.54) is 103 Å². The summed E-state index contributed by atoms with van der Waals surface area (Å²) in [6.07, 6.45) is 28.5. The topological polar surface area (TPSA) is 30.7 Å². The van der Waals surface area contributed by atoms with Gasteiger partial charge in [-0.25, -0.2) is 9.67 Å². The number of hydrogen-bond acceptors (Lipinski definition) is 2. The SMILES string of the molecule is CCCCCCCCCCCCCCCCCC(CC)(CC)n1cncn1. The van der Waals surface area contributed by atoms with Crippen molar-refractivity contribution in [2.75, 3.05) is 0 Å². The minimum Gasteiger partial charge on any atom is -0.247 e. The zero-order valence-corrected chi connectivity index (χ0v) is 18.7. The van der Waals surface area contributed by atoms with E-state index in [-0.39, 0.29) is 5.54 Å². The molecule has 0 atom stereocenters. The van der Waals surface area contributed by atoms with Crippen LogP contribution >= 0.6 is 0 Å². The van der Waals surface area contributed by atoms with Crippen molar-refractivity contribution in [3.63, 3.8) is 0 Å². The maximum absolute atomic E-state index is 4.42. The van der Waals surface area contributed by atoms with Crippen LogP contribution in [0.3, 0.4) is 0 Å². The summed E-state index contributed by atoms with van der Waals surface area (Å²) in [6.45, 7) is 6.87. The third kappa shape index (κ3) is 10.3. The van der Waals surface area contributed by atoms with Crippen molar-refractivity contribution < 1.29 is 0 Å². The molecule has 0 aliphatic rings. The molecular weight excluding hydrogens is 330 g/mol. The van der Waals surface area contributed by atoms with Gasteiger partial charge in [-0.3, -0.25) is 0 Å². The normalized spacial score (nSPS) is 12.0. The molecule has 0 amide bonds. The van der Waals surface area contributed by atoms with Crippen LogP contribution < -0.4 is 0 Å². The molecule has 0 saturated heterocycles. The van der Waals surface area contributed by atoms with Crippen molar-refractivity contribution >= 4 is 0 Å². The second kappa shape index (κ2) is 16.1. The highest BCUT2D eigenvalue weighted by Crippen LogP contribution is 2.30. The van der Waals surface area contributed by atoms with Crippen molar-refractivity contribution in [2.45, 2.75) is 142 Å². The molecule has 1 heterocycles. The summed E-state index contributed by atoms with van der Waals surface area (Å²) in [4.78, 5) is 4.16. The van der Waals surface area contributed by atoms with Crippen LogP contribution in [0.5, 0.6) is 0 Å². The number of hydrogen-bond donors (Lipinski definition) is 0. The molecule has 0 N–H and O–H groups in total. The fourth-order valence-corrected chi connectivity index (χ4v) is 4.32. The first-order valence-corrected chi connectivity index (χ1v) is 12.1. The van der Waals surface area contributed by atoms with E-state index >= 15 is 0 Å². The first kappa shape index (κ1) is 24.2. The smallest absolute Gasteiger partial charge is 0.137 e. The second-order valence-electron chi connectivity index (χ2n) is 8.47. The largest absolute Gasteiger partial charge is 0.247 e. The lowest BCUT2D eigenvalue weighted by Gasteiger charge is -2.31. The average Bonchev–Trinajstić information content (AvgIpc) is 3.23. The van der Waals surface area contributed by atoms with Gasteiger partial charge in [-0.1, -0.05) is 117 Å². The summed E-state index contributed by atoms with van der Waals surface area (Å²) in [6, 6.07) is 0. The summed E-state index contributed by atoms with van der Waals surface area (Å²) in [5.74, 6) is 0. The van der Waals surface area contributed by atoms with Crippen LogP contribution in [0.2, 0.25) is 0 Å². The zero-order chi connectivity index (χ0) is 19.6. The van der Waals surface area contributed by atoms with Gasteiger partial charge in [0.25, 0.3) is 0 Å². The summed E-state index contributed by atoms with van der Waals surface area (Å²) in [7, 11) is 0. The van der Waals surface area contributed by atoms with Crippen LogP contribution in [0.4, 0.5) is 0 Å². The molecule has 3 nitrogen and oxygen atoms in total. The Morgan fingerprint density at radius 3 is 1.44 bits per heavy atom. The van der Waals surface area contributed by atoms with Gasteiger partial charge in [-0.2, -0.15) is 5.10 Å². The van der Waals surface area contributed by atoms with E-state index in [9.17, 15) is 0 Å². The Hall–Kier alpha value is -0.860. The molecule has 3 heteroatoms. The standard InChI is InChI=1S/C24H47N3/c1-4-7-8-9-10-11-12-13-14-15-16-17-18-19-20-21-24(5-2,6-3)27-23-25-22-26-27/h22-23H,4-21H2,1-3H3. The molecular formula is C24H47N3. The Morgan fingerprint density at radius 1 is 0.630 bits per heavy atom. The molecule has 0 aliphatic carbocycles. The van der Waals surface area contributed by atoms with Crippen molar-refractivity contribution in [1.29, 1.82) is 0 Å². The summed E-state index contributed by atoms with van der Waals surface area (Å²) < 4.78 is 2.11. The lowest BCUT2D eigenvalue weighted by molar-refractivity contribution is 0.207. The molecule has 1 aromatic heterocycles. The van der Waals surface area contributed by atoms with Crippen LogP contribution in [0.25, 0.3) is 0 Å². The number of aromatic nitrogens is 3. The minimum absolute atomic E-state index is 0.188. The molecule has 1 rings (SSSR count). The fourth-order valence-electron chi connectivity index (χ4n) is 4.32. The van der Waals surface area contributed by atoms with Gasteiger partial charge in [0.2, 0.25) is 0 Å². The van der Waals surface area contributed by atoms with Crippen molar-refractivity contribution in [1.82, 2.24) is 14.8 Å². The van der Waals surface area contributed by atoms with E-state index < -0.39 is 0 Å². The van der Waals surface area contributed by atoms with Crippen molar-refractivity contribution in [3.8, 4) is 0 Å². The van der Waals surface area contributed by atoms with Gasteiger partial charge in [0, 0.05) is 0 Å². The second-order valence-corrected chi connectivity index (χ2v) is 8.47. The number of unbranched alkanes of at least 4 members (excludes halogenated alkanes) is 14. The molecule has 0 saturated carbocycles. The van der Waals surface area contributed by atoms with Gasteiger partial charge in [-0.15, -0.1) is 0 Å². The van der Waals surface area contributed by atoms with E-state index in [1.807, 2.05) is 6.33 Å². The quantitative estimate of drug-likeness (QED) is 0.228. The van der Waals surface area contributed by atoms with Crippen LogP contribution in [-0.4, -0.2) is 14.8 Å². The van der Waals surface area contributed by atoms with Crippen molar-refractivity contribution in [3.05, 3.63) is 12.7 Å². The van der Waals surface area contributed by atoms with E-state index in [2.05, 4.69) is 35.5 Å². The highest BCUT2D eigenvalue weighted by atomic mass is 15.4. The molecule has 1 aromatic rings. The van der Waals surface area contributed by atoms with Crippen molar-refractivity contribution in [2.24, 2.45) is 0 Å². The zero-order valence-electron chi connectivity index (χ0n) is 18.7. The van der Waals surface area contributed by atoms with E-state index in [0.717, 1.165) is 12.8 Å². The van der Waals surface area contributed by atoms with Gasteiger partial charge in [0.15, 0.2) is 0 Å². The first-order valence-electron chi connectivity index (χ1n) is 12.1. The lowest BCUT2D eigenvalue weighted by atomic mass is 9.87. The maximum Gasteiger partial charge on any atom is 0.137 e. The van der Waals surface area contributed by atoms with Gasteiger partial charge >= 0.3 is 0 Å². The first-order chi connectivity index (χ1) is 13.3. The highest BCUT2D eigenvalue weighted by molar-refractivity contribution is 4.83. The Labute approximate surface area is 169 Å². The Kier molecular flexibility index (Phi) is 14.4. The average molecular weight is 378 g/mol. The van der Waals surface area contributed by atoms with Gasteiger partial charge < -0.3 is 0 Å². The van der Waals surface area contributed by atoms with E-state index in [1.54, 1.807) is 6.33 Å². The Balaban J connectivity index is 1.93. The predicted molar refractivity (Wildman–Crippen MR) is 118 cm³/mol. The third-order valence-corrected chi connectivity index (χ3v) is 6.47. The van der Waals surface area contributed by atoms with Gasteiger partial charge in [0.05, 0.1) is 5.54 Å². The molecule has 0 aliphatic heterocycles. The summed E-state index contributed by atoms with van der Waals surface area (Å²) >= 11 is 0. The van der Waals surface area contributed by atoms with Gasteiger partial charge in [-0.05, 0) is 19.3 Å². The van der Waals surface area contributed by atoms with Crippen LogP contribution in [0.15, 0.2) is 12.7 Å². The van der Waals surface area contributed by atoms with Crippen LogP contribution in [0.1, 0.15) is 136 Å². The van der Waals surface area contributed by atoms with Gasteiger partial charge in [0.1, 0.15) is 12.7 Å². The maximum atomic E-state index is 4.42. The van der Waals surface area contributed by atoms with Crippen LogP contribution in [-0.2, 0) is 5.54 Å². The molecule has 0 bridgehead atoms. The number of nitrogens with zero attached hydrogens (tertiary/aromatic N) is 3. The molecule has 0 aromatic carbocycles. The monoisotopic (exact) mass is 377 g/mol. The Morgan fingerprint density at radius 2 is 1.07 bits per heavy atom. The molecule has 0 fully saturated rings. The molecule has 0 spiro atoms. The van der Waals surface area contributed by atoms with E-state index in [0.29, 0.717) is 0 Å². The lowest BCUT2D eigenvalue weighted by Crippen LogP contribution is -2.32. The molecule has 27 heavy (non-hydrogen) atoms.